The van der Waals surface area contributed by atoms with Crippen molar-refractivity contribution < 1.29 is 13.2 Å². The van der Waals surface area contributed by atoms with Crippen LogP contribution in [0.3, 0.4) is 0 Å². The molecule has 5 heteroatoms. The molecular formula is C14H19F3N2. The maximum Gasteiger partial charge on any atom is 0.194 e. The van der Waals surface area contributed by atoms with Crippen LogP contribution in [0.1, 0.15) is 26.2 Å². The normalized spacial score (nSPS) is 21.1. The summed E-state index contributed by atoms with van der Waals surface area (Å²) in [5.41, 5.74) is 0.424. The zero-order valence-corrected chi connectivity index (χ0v) is 11.1. The summed E-state index contributed by atoms with van der Waals surface area (Å²) < 4.78 is 39.5. The Kier molecular flexibility index (Phi) is 4.69. The Bertz CT molecular complexity index is 414. The molecule has 1 saturated heterocycles. The van der Waals surface area contributed by atoms with Gasteiger partial charge in [-0.15, -0.1) is 0 Å². The molecule has 1 aromatic rings. The lowest BCUT2D eigenvalue weighted by Crippen LogP contribution is -2.39. The number of nitrogens with one attached hydrogen (secondary N) is 1. The fourth-order valence-corrected chi connectivity index (χ4v) is 2.43. The maximum absolute atomic E-state index is 13.3. The van der Waals surface area contributed by atoms with Crippen molar-refractivity contribution in [2.24, 2.45) is 0 Å². The number of rotatable bonds is 2. The van der Waals surface area contributed by atoms with E-state index in [-0.39, 0.29) is 0 Å². The van der Waals surface area contributed by atoms with Gasteiger partial charge >= 0.3 is 0 Å². The molecule has 1 aliphatic rings. The van der Waals surface area contributed by atoms with Crippen LogP contribution in [0.4, 0.5) is 18.9 Å². The van der Waals surface area contributed by atoms with E-state index in [9.17, 15) is 13.2 Å². The predicted molar refractivity (Wildman–Crippen MR) is 69.8 cm³/mol. The minimum absolute atomic E-state index is 0.424. The van der Waals surface area contributed by atoms with Crippen LogP contribution in [0.2, 0.25) is 0 Å². The molecule has 106 valence electrons. The van der Waals surface area contributed by atoms with Gasteiger partial charge in [0.1, 0.15) is 0 Å². The van der Waals surface area contributed by atoms with Gasteiger partial charge in [0.25, 0.3) is 0 Å². The highest BCUT2D eigenvalue weighted by Gasteiger charge is 2.17. The number of hydrogen-bond acceptors (Lipinski definition) is 2. The minimum atomic E-state index is -1.40. The smallest absolute Gasteiger partial charge is 0.194 e. The van der Waals surface area contributed by atoms with Gasteiger partial charge in [-0.1, -0.05) is 6.92 Å². The predicted octanol–water partition coefficient (Wildman–Crippen LogP) is 3.07. The second-order valence-electron chi connectivity index (χ2n) is 4.91. The average Bonchev–Trinajstić information content (AvgIpc) is 2.36. The van der Waals surface area contributed by atoms with Crippen LogP contribution in [-0.4, -0.2) is 25.7 Å². The molecule has 0 radical (unpaired) electrons. The van der Waals surface area contributed by atoms with Crippen LogP contribution < -0.4 is 10.2 Å². The van der Waals surface area contributed by atoms with E-state index in [2.05, 4.69) is 12.2 Å². The van der Waals surface area contributed by atoms with E-state index in [4.69, 9.17) is 0 Å². The lowest BCUT2D eigenvalue weighted by molar-refractivity contribution is 0.434. The summed E-state index contributed by atoms with van der Waals surface area (Å²) in [6.45, 7) is 4.44. The van der Waals surface area contributed by atoms with Gasteiger partial charge in [0.2, 0.25) is 0 Å². The Morgan fingerprint density at radius 3 is 2.53 bits per heavy atom. The largest absolute Gasteiger partial charge is 0.371 e. The lowest BCUT2D eigenvalue weighted by atomic mass is 10.1. The number of anilines is 1. The standard InChI is InChI=1S/C14H19F3N2/c1-2-10-4-7-19(6-3-5-18-10)11-8-12(15)14(17)13(16)9-11/h8-10,18H,2-7H2,1H3. The van der Waals surface area contributed by atoms with Gasteiger partial charge in [0, 0.05) is 37.0 Å². The molecule has 0 saturated carbocycles. The first kappa shape index (κ1) is 14.2. The summed E-state index contributed by atoms with van der Waals surface area (Å²) in [5, 5.41) is 3.44. The highest BCUT2D eigenvalue weighted by Crippen LogP contribution is 2.22. The number of hydrogen-bond donors (Lipinski definition) is 1. The van der Waals surface area contributed by atoms with Crippen molar-refractivity contribution >= 4 is 5.69 Å². The van der Waals surface area contributed by atoms with Gasteiger partial charge in [-0.2, -0.15) is 0 Å². The van der Waals surface area contributed by atoms with Gasteiger partial charge in [-0.3, -0.25) is 0 Å². The van der Waals surface area contributed by atoms with E-state index in [1.807, 2.05) is 4.90 Å². The first-order valence-electron chi connectivity index (χ1n) is 6.74. The van der Waals surface area contributed by atoms with E-state index in [1.165, 1.54) is 0 Å². The van der Waals surface area contributed by atoms with Crippen molar-refractivity contribution in [2.45, 2.75) is 32.2 Å². The molecule has 1 atom stereocenters. The zero-order valence-electron chi connectivity index (χ0n) is 11.1. The van der Waals surface area contributed by atoms with Gasteiger partial charge < -0.3 is 10.2 Å². The molecule has 0 aliphatic carbocycles. The summed E-state index contributed by atoms with van der Waals surface area (Å²) >= 11 is 0. The molecule has 19 heavy (non-hydrogen) atoms. The first-order valence-corrected chi connectivity index (χ1v) is 6.74. The van der Waals surface area contributed by atoms with Crippen molar-refractivity contribution in [1.82, 2.24) is 5.32 Å². The fourth-order valence-electron chi connectivity index (χ4n) is 2.43. The molecule has 1 N–H and O–H groups in total. The molecule has 0 aromatic heterocycles. The van der Waals surface area contributed by atoms with E-state index in [0.29, 0.717) is 18.3 Å². The van der Waals surface area contributed by atoms with Crippen LogP contribution in [0, 0.1) is 17.5 Å². The van der Waals surface area contributed by atoms with Crippen molar-refractivity contribution in [3.05, 3.63) is 29.6 Å². The van der Waals surface area contributed by atoms with Crippen molar-refractivity contribution in [3.8, 4) is 0 Å². The quantitative estimate of drug-likeness (QED) is 0.832. The summed E-state index contributed by atoms with van der Waals surface area (Å²) in [5.74, 6) is -3.65. The molecule has 2 rings (SSSR count). The average molecular weight is 272 g/mol. The molecular weight excluding hydrogens is 253 g/mol. The highest BCUT2D eigenvalue weighted by molar-refractivity contribution is 5.47. The first-order chi connectivity index (χ1) is 9.11. The van der Waals surface area contributed by atoms with Crippen LogP contribution in [0.15, 0.2) is 12.1 Å². The molecule has 1 heterocycles. The Morgan fingerprint density at radius 1 is 1.21 bits per heavy atom. The number of nitrogens with zero attached hydrogens (tertiary/aromatic N) is 1. The molecule has 1 aliphatic heterocycles. The van der Waals surface area contributed by atoms with Crippen molar-refractivity contribution in [1.29, 1.82) is 0 Å². The van der Waals surface area contributed by atoms with Crippen LogP contribution in [0.25, 0.3) is 0 Å². The van der Waals surface area contributed by atoms with Gasteiger partial charge in [0.15, 0.2) is 17.5 Å². The molecule has 2 nitrogen and oxygen atoms in total. The molecule has 0 bridgehead atoms. The maximum atomic E-state index is 13.3. The second-order valence-corrected chi connectivity index (χ2v) is 4.91. The summed E-state index contributed by atoms with van der Waals surface area (Å²) in [4.78, 5) is 1.93. The molecule has 0 amide bonds. The Hall–Kier alpha value is -1.23. The van der Waals surface area contributed by atoms with E-state index >= 15 is 0 Å². The third-order valence-corrected chi connectivity index (χ3v) is 3.61. The van der Waals surface area contributed by atoms with Crippen LogP contribution in [-0.2, 0) is 0 Å². The summed E-state index contributed by atoms with van der Waals surface area (Å²) in [6.07, 6.45) is 2.84. The molecule has 1 unspecified atom stereocenters. The summed E-state index contributed by atoms with van der Waals surface area (Å²) in [6, 6.07) is 2.58. The zero-order chi connectivity index (χ0) is 13.8. The lowest BCUT2D eigenvalue weighted by Gasteiger charge is -2.30. The highest BCUT2D eigenvalue weighted by atomic mass is 19.2. The summed E-state index contributed by atoms with van der Waals surface area (Å²) in [7, 11) is 0. The Morgan fingerprint density at radius 2 is 1.89 bits per heavy atom. The van der Waals surface area contributed by atoms with E-state index < -0.39 is 17.5 Å². The van der Waals surface area contributed by atoms with E-state index in [0.717, 1.165) is 44.5 Å². The Labute approximate surface area is 111 Å². The number of benzene rings is 1. The van der Waals surface area contributed by atoms with Crippen molar-refractivity contribution in [3.63, 3.8) is 0 Å². The van der Waals surface area contributed by atoms with Gasteiger partial charge in [-0.25, -0.2) is 13.2 Å². The van der Waals surface area contributed by atoms with Gasteiger partial charge in [0.05, 0.1) is 0 Å². The second kappa shape index (κ2) is 6.28. The van der Waals surface area contributed by atoms with E-state index in [1.54, 1.807) is 0 Å². The SMILES string of the molecule is CCC1CCN(c2cc(F)c(F)c(F)c2)CCCN1. The van der Waals surface area contributed by atoms with Crippen LogP contribution >= 0.6 is 0 Å². The molecule has 0 spiro atoms. The third-order valence-electron chi connectivity index (χ3n) is 3.61. The topological polar surface area (TPSA) is 15.3 Å². The molecule has 1 aromatic carbocycles. The minimum Gasteiger partial charge on any atom is -0.371 e. The Balaban J connectivity index is 2.15. The van der Waals surface area contributed by atoms with Crippen LogP contribution in [0.5, 0.6) is 0 Å². The third kappa shape index (κ3) is 3.41. The number of halogens is 3. The van der Waals surface area contributed by atoms with Crippen molar-refractivity contribution in [2.75, 3.05) is 24.5 Å². The fraction of sp³-hybridized carbons (Fsp3) is 0.571. The molecule has 1 fully saturated rings. The van der Waals surface area contributed by atoms with Gasteiger partial charge in [-0.05, 0) is 25.8 Å². The monoisotopic (exact) mass is 272 g/mol.